The van der Waals surface area contributed by atoms with Gasteiger partial charge in [-0.2, -0.15) is 0 Å². The van der Waals surface area contributed by atoms with Crippen molar-refractivity contribution in [3.8, 4) is 11.1 Å². The molecule has 4 aromatic heterocycles. The van der Waals surface area contributed by atoms with E-state index in [4.69, 9.17) is 51.3 Å². The van der Waals surface area contributed by atoms with Crippen molar-refractivity contribution in [3.63, 3.8) is 0 Å². The third-order valence-electron chi connectivity index (χ3n) is 24.6. The maximum absolute atomic E-state index is 11.8. The first-order valence-electron chi connectivity index (χ1n) is 41.4. The van der Waals surface area contributed by atoms with E-state index in [9.17, 15) is 38.4 Å². The van der Waals surface area contributed by atoms with Crippen LogP contribution < -0.4 is 11.5 Å². The number of nitrogens with two attached hydrogens (primary N) is 2. The number of hydrogen-bond donors (Lipinski definition) is 2. The quantitative estimate of drug-likeness (QED) is 0.0468. The molecular formula is C122H124N10O16. The van der Waals surface area contributed by atoms with E-state index in [0.29, 0.717) is 55.6 Å². The van der Waals surface area contributed by atoms with Gasteiger partial charge < -0.3 is 55.3 Å². The normalized spacial score (nSPS) is 11.1. The summed E-state index contributed by atoms with van der Waals surface area (Å²) in [5.41, 5.74) is 29.0. The van der Waals surface area contributed by atoms with E-state index in [1.54, 1.807) is 24.3 Å². The van der Waals surface area contributed by atoms with Crippen LogP contribution in [0.4, 0.5) is 11.4 Å². The first kappa shape index (κ1) is 124. The molecule has 4 heterocycles. The van der Waals surface area contributed by atoms with Crippen molar-refractivity contribution in [2.24, 2.45) is 0 Å². The molecule has 0 radical (unpaired) electrons. The number of carbonyl (C=O) groups is 8. The van der Waals surface area contributed by atoms with Crippen molar-refractivity contribution < 1.29 is 82.2 Å². The van der Waals surface area contributed by atoms with Gasteiger partial charge >= 0.3 is 0 Å². The van der Waals surface area contributed by atoms with Gasteiger partial charge in [0.2, 0.25) is 11.6 Å². The van der Waals surface area contributed by atoms with Crippen molar-refractivity contribution in [2.75, 3.05) is 11.5 Å². The van der Waals surface area contributed by atoms with E-state index in [0.717, 1.165) is 174 Å². The molecular weight excluding hydrogens is 1860 g/mol. The lowest BCUT2D eigenvalue weighted by Crippen LogP contribution is -2.49. The molecule has 0 amide bonds. The zero-order valence-electron chi connectivity index (χ0n) is 71.3. The molecule has 2 aliphatic rings. The summed E-state index contributed by atoms with van der Waals surface area (Å²) in [5, 5.41) is 26.9. The number of aromatic nitrogens is 8. The van der Waals surface area contributed by atoms with Crippen LogP contribution in [0.1, 0.15) is 110 Å². The molecule has 0 spiro atoms. The number of nitrogens with zero attached hydrogens (tertiary/aromatic N) is 8. The van der Waals surface area contributed by atoms with Gasteiger partial charge in [0.25, 0.3) is 34.7 Å². The average molecular weight is 1990 g/mol. The molecule has 27 rings (SSSR count). The Kier molecular flexibility index (Phi) is 40.8. The van der Waals surface area contributed by atoms with Gasteiger partial charge in [-0.15, -0.1) is 0 Å². The second-order valence-electron chi connectivity index (χ2n) is 31.6. The molecule has 0 unspecified atom stereocenters. The van der Waals surface area contributed by atoms with E-state index in [1.807, 2.05) is 60.7 Å². The van der Waals surface area contributed by atoms with Crippen molar-refractivity contribution >= 4 is 275 Å². The van der Waals surface area contributed by atoms with Crippen molar-refractivity contribution in [3.05, 3.63) is 351 Å². The fourth-order valence-corrected chi connectivity index (χ4v) is 18.7. The second-order valence-corrected chi connectivity index (χ2v) is 31.6. The first-order chi connectivity index (χ1) is 62.7. The smallest absolute Gasteiger partial charge is 0.281 e. The predicted molar refractivity (Wildman–Crippen MR) is 621 cm³/mol. The molecule has 25 aromatic rings. The first-order valence-corrected chi connectivity index (χ1v) is 41.4. The van der Waals surface area contributed by atoms with E-state index >= 15 is 0 Å². The lowest BCUT2D eigenvalue weighted by atomic mass is 9.84. The van der Waals surface area contributed by atoms with E-state index in [-0.39, 0.29) is 133 Å². The van der Waals surface area contributed by atoms with Crippen molar-refractivity contribution in [1.82, 2.24) is 39.9 Å². The zero-order chi connectivity index (χ0) is 86.4. The Hall–Kier alpha value is -18.2. The minimum Gasteiger partial charge on any atom is -0.412 e. The van der Waals surface area contributed by atoms with Crippen LogP contribution in [0.15, 0.2) is 340 Å². The van der Waals surface area contributed by atoms with Gasteiger partial charge in [0.1, 0.15) is 33.1 Å². The number of nitrogen functional groups attached to an aromatic ring is 2. The molecule has 758 valence electrons. The number of Topliss-reactive ketones (excluding diaryl/α,β-unsaturated/α-hetero) is 8. The van der Waals surface area contributed by atoms with Crippen LogP contribution >= 0.6 is 0 Å². The molecule has 20 N–H and O–H groups in total. The van der Waals surface area contributed by atoms with Crippen LogP contribution in [0.25, 0.3) is 229 Å². The Morgan fingerprint density at radius 1 is 0.115 bits per heavy atom. The molecule has 0 saturated heterocycles. The average Bonchev–Trinajstić information content (AvgIpc) is 0.701. The highest BCUT2D eigenvalue weighted by Gasteiger charge is 2.47. The third kappa shape index (κ3) is 19.1. The number of carbonyl (C=O) groups excluding carboxylic acids is 8. The Labute approximate surface area is 854 Å². The molecule has 0 atom stereocenters. The molecule has 21 aromatic carbocycles. The Balaban J connectivity index is 0.000000513. The van der Waals surface area contributed by atoms with E-state index in [1.165, 1.54) is 21.5 Å². The van der Waals surface area contributed by atoms with Gasteiger partial charge in [-0.1, -0.05) is 429 Å². The zero-order valence-corrected chi connectivity index (χ0v) is 71.3. The number of anilines is 2. The molecule has 26 heteroatoms. The van der Waals surface area contributed by atoms with Crippen molar-refractivity contribution in [1.29, 1.82) is 0 Å². The summed E-state index contributed by atoms with van der Waals surface area (Å²) in [4.78, 5) is 130. The maximum Gasteiger partial charge on any atom is 0.281 e. The maximum atomic E-state index is 11.8. The van der Waals surface area contributed by atoms with Gasteiger partial charge in [-0.05, 0) is 75.8 Å². The summed E-state index contributed by atoms with van der Waals surface area (Å²) >= 11 is 0. The highest BCUT2D eigenvalue weighted by Crippen LogP contribution is 2.45. The van der Waals surface area contributed by atoms with Crippen LogP contribution in [-0.2, 0) is 28.8 Å². The third-order valence-corrected chi connectivity index (χ3v) is 24.6. The molecule has 2 aliphatic carbocycles. The molecule has 26 nitrogen and oxygen atoms in total. The van der Waals surface area contributed by atoms with Crippen LogP contribution in [0.2, 0.25) is 0 Å². The highest BCUT2D eigenvalue weighted by molar-refractivity contribution is 7.08. The number of benzene rings is 21. The fraction of sp³-hybridized carbons (Fsp3) is 0.0984. The van der Waals surface area contributed by atoms with Gasteiger partial charge in [0.15, 0.2) is 0 Å². The van der Waals surface area contributed by atoms with Crippen LogP contribution in [0.5, 0.6) is 0 Å². The van der Waals surface area contributed by atoms with Gasteiger partial charge in [-0.25, -0.2) is 39.9 Å². The minimum absolute atomic E-state index is 0. The Morgan fingerprint density at radius 2 is 0.209 bits per heavy atom. The van der Waals surface area contributed by atoms with Gasteiger partial charge in [0.05, 0.1) is 66.5 Å². The summed E-state index contributed by atoms with van der Waals surface area (Å²) in [5.74, 6) is -11.2. The summed E-state index contributed by atoms with van der Waals surface area (Å²) < 4.78 is 0. The molecule has 0 aliphatic heterocycles. The van der Waals surface area contributed by atoms with Crippen LogP contribution in [-0.4, -0.2) is 130 Å². The molecule has 148 heavy (non-hydrogen) atoms. The molecule has 0 bridgehead atoms. The fourth-order valence-electron chi connectivity index (χ4n) is 18.7. The largest absolute Gasteiger partial charge is 0.412 e. The highest BCUT2D eigenvalue weighted by atomic mass is 16.2. The summed E-state index contributed by atoms with van der Waals surface area (Å²) in [6, 6.07) is 115. The second kappa shape index (κ2) is 48.7. The monoisotopic (exact) mass is 1980 g/mol. The number of ketones is 8. The van der Waals surface area contributed by atoms with Crippen molar-refractivity contribution in [2.45, 2.75) is 89.1 Å². The predicted octanol–water partition coefficient (Wildman–Crippen LogP) is 23.6. The minimum atomic E-state index is -1.73. The summed E-state index contributed by atoms with van der Waals surface area (Å²) in [6.45, 7) is 0. The van der Waals surface area contributed by atoms with Crippen LogP contribution in [0, 0.1) is 0 Å². The number of rotatable bonds is 0. The van der Waals surface area contributed by atoms with E-state index in [2.05, 4.69) is 255 Å². The van der Waals surface area contributed by atoms with Gasteiger partial charge in [-0.3, -0.25) is 38.4 Å². The molecule has 1 saturated carbocycles. The summed E-state index contributed by atoms with van der Waals surface area (Å²) in [6.07, 6.45) is 0. The topological polar surface area (TPSA) is 544 Å². The number of hydrogen-bond acceptors (Lipinski definition) is 18. The lowest BCUT2D eigenvalue weighted by Gasteiger charge is -2.16. The molecule has 1 fully saturated rings. The van der Waals surface area contributed by atoms with E-state index < -0.39 is 46.3 Å². The summed E-state index contributed by atoms with van der Waals surface area (Å²) in [7, 11) is 0. The Morgan fingerprint density at radius 3 is 0.345 bits per heavy atom. The van der Waals surface area contributed by atoms with Crippen LogP contribution in [0.3, 0.4) is 0 Å². The SMILES string of the molecule is C.C.C.C.C.C.C.C.C.C.C.C.Nc1c(N)c2ccccc2c2ccccc12.O.O.O.O.O.O.O.O.O=C1C(=O)C(=O)C(=O)C(=O)C1=O.O=C1C(=O)c2ccccc2-c2ccccc21.c1ccc2c(c1)c1ccccc1c1nc3c(nc21)c1nc2c4ccccc4c4ccccc4c2nc1c1nc2c4ccccc4c4ccccc4c2nc31.c1ccc2c(c1)c1ccccc1c1nc3c4ccccc4c4ccccc4c3nc21. The van der Waals surface area contributed by atoms with Gasteiger partial charge in [0, 0.05) is 75.8 Å². The standard InChI is InChI=1S/C48H24N6.C28H16N2.C14H12N2.C14H8O2.C6O6.12CH4.8H2O/c1-7-19-31-25(13-1)26-14-2-8-20-32(26)38-37(31)49-43-44(50-38)46-48(54-42-36-24-12-6-18-30(36)29-17-5-11-23-35(29)41(42)52-46)47-45(43)51-39-33-21-9-3-15-27(33)28-16-4-10-22-34(28)40(39)53-47;1-5-13-21-17(9-1)18-10-2-6-14-22(18)26-25(21)29-27-23-15-7-3-11-19(23)20-12-4-8-16-24(20)28(27)30-26;2*15-13-11-7-3-1-5-9(11)10-6-2-4-8-12(10)14(13)16;7-1-2(8)4(10)6(12)5(11)3(1)9;;;;;;;;;;;;;;;;;;;;/h1-24H;1-16H;1-8H,15-16H2;1-8H;;12*1H4;8*1H2. The number of fused-ring (bicyclic) bond motifs is 42. The Bertz CT molecular complexity index is 8320. The lowest BCUT2D eigenvalue weighted by molar-refractivity contribution is -0.158.